The summed E-state index contributed by atoms with van der Waals surface area (Å²) in [6, 6.07) is 8.48. The molecule has 1 saturated heterocycles. The van der Waals surface area contributed by atoms with E-state index in [4.69, 9.17) is 23.7 Å². The third-order valence-corrected chi connectivity index (χ3v) is 9.82. The minimum absolute atomic E-state index is 0.239. The molecule has 10 heteroatoms. The van der Waals surface area contributed by atoms with Crippen LogP contribution in [0.5, 0.6) is 0 Å². The molecule has 43 heavy (non-hydrogen) atoms. The van der Waals surface area contributed by atoms with Crippen LogP contribution in [0.15, 0.2) is 42.0 Å². The first-order valence-electron chi connectivity index (χ1n) is 14.8. The van der Waals surface area contributed by atoms with Crippen LogP contribution < -0.4 is 0 Å². The van der Waals surface area contributed by atoms with Crippen molar-refractivity contribution in [2.45, 2.75) is 97.4 Å². The molecule has 1 aromatic carbocycles. The van der Waals surface area contributed by atoms with Crippen LogP contribution >= 0.6 is 0 Å². The predicted octanol–water partition coefficient (Wildman–Crippen LogP) is 3.99. The van der Waals surface area contributed by atoms with Gasteiger partial charge in [-0.05, 0) is 48.5 Å². The lowest BCUT2D eigenvalue weighted by Gasteiger charge is -2.30. The van der Waals surface area contributed by atoms with Gasteiger partial charge in [-0.15, -0.1) is 0 Å². The van der Waals surface area contributed by atoms with Gasteiger partial charge in [0, 0.05) is 32.6 Å². The average Bonchev–Trinajstić information content (AvgIpc) is 3.71. The van der Waals surface area contributed by atoms with Gasteiger partial charge in [0.05, 0.1) is 11.5 Å². The Kier molecular flexibility index (Phi) is 7.60. The normalized spacial score (nSPS) is 40.2. The minimum atomic E-state index is -1.33. The van der Waals surface area contributed by atoms with E-state index in [1.54, 1.807) is 50.3 Å². The van der Waals surface area contributed by atoms with Crippen LogP contribution in [0.25, 0.3) is 0 Å². The van der Waals surface area contributed by atoms with E-state index in [0.717, 1.165) is 0 Å². The number of esters is 4. The van der Waals surface area contributed by atoms with Crippen LogP contribution in [-0.4, -0.2) is 65.3 Å². The van der Waals surface area contributed by atoms with E-state index in [9.17, 15) is 24.0 Å². The second kappa shape index (κ2) is 10.6. The number of carbonyl (C=O) groups excluding carboxylic acids is 5. The summed E-state index contributed by atoms with van der Waals surface area (Å²) in [5, 5.41) is 0. The number of carbonyl (C=O) groups is 5. The minimum Gasteiger partial charge on any atom is -0.461 e. The topological polar surface area (TPSA) is 135 Å². The van der Waals surface area contributed by atoms with E-state index < -0.39 is 82.7 Å². The van der Waals surface area contributed by atoms with Gasteiger partial charge >= 0.3 is 23.9 Å². The van der Waals surface area contributed by atoms with Crippen molar-refractivity contribution in [1.29, 1.82) is 0 Å². The SMILES string of the molecule is CC(=O)OC1[C@H](C)C(=O)[C@@]23C[C@H](C)[C@H](OC(C)=O)C2(/C=C(/C)[C@@H](OC(C)=O)[C@@H](OC(=O)c2ccccc2)[C@H]2[C@@H]1C2(C)C)O3. The Bertz CT molecular complexity index is 1380. The number of ketones is 1. The Labute approximate surface area is 251 Å². The van der Waals surface area contributed by atoms with Gasteiger partial charge in [-0.3, -0.25) is 19.2 Å². The van der Waals surface area contributed by atoms with Crippen LogP contribution in [0, 0.1) is 29.1 Å². The maximum absolute atomic E-state index is 14.4. The van der Waals surface area contributed by atoms with Gasteiger partial charge in [-0.2, -0.15) is 0 Å². The standard InChI is InChI=1S/C33H40O10/c1-16-14-33-29(41-21(6)36)17(2)15-32(33,43-33)28(37)18(3)26(40-20(5)35)23-24(31(23,7)8)27(25(16)39-19(4)34)42-30(38)22-12-10-9-11-13-22/h9-14,17-18,23-27,29H,15H2,1-8H3/b16-14-/t17-,18-,23-,24+,25+,26?,27-,29-,32-,33?/m0/s1. The maximum atomic E-state index is 14.4. The molecule has 0 amide bonds. The number of Topliss-reactive ketones (excluding diaryl/α,β-unsaturated/α-hetero) is 1. The highest BCUT2D eigenvalue weighted by atomic mass is 16.7. The van der Waals surface area contributed by atoms with Crippen molar-refractivity contribution in [3.8, 4) is 0 Å². The Morgan fingerprint density at radius 1 is 0.837 bits per heavy atom. The summed E-state index contributed by atoms with van der Waals surface area (Å²) >= 11 is 0. The van der Waals surface area contributed by atoms with Crippen LogP contribution in [0.2, 0.25) is 0 Å². The van der Waals surface area contributed by atoms with E-state index in [1.807, 2.05) is 20.8 Å². The van der Waals surface area contributed by atoms with Crippen LogP contribution in [0.3, 0.4) is 0 Å². The molecule has 232 valence electrons. The number of benzene rings is 1. The van der Waals surface area contributed by atoms with Crippen LogP contribution in [0.4, 0.5) is 0 Å². The molecule has 1 aliphatic heterocycles. The summed E-state index contributed by atoms with van der Waals surface area (Å²) in [6.07, 6.45) is -1.74. The molecule has 3 aliphatic carbocycles. The summed E-state index contributed by atoms with van der Waals surface area (Å²) in [7, 11) is 0. The zero-order chi connectivity index (χ0) is 31.6. The van der Waals surface area contributed by atoms with E-state index >= 15 is 0 Å². The monoisotopic (exact) mass is 596 g/mol. The highest BCUT2D eigenvalue weighted by Crippen LogP contribution is 2.69. The molecule has 0 spiro atoms. The molecule has 1 aromatic rings. The van der Waals surface area contributed by atoms with Crippen molar-refractivity contribution in [2.75, 3.05) is 0 Å². The molecule has 4 aliphatic rings. The Hall–Kier alpha value is -3.53. The molecule has 10 atom stereocenters. The van der Waals surface area contributed by atoms with Crippen molar-refractivity contribution in [3.05, 3.63) is 47.5 Å². The van der Waals surface area contributed by atoms with Gasteiger partial charge in [-0.1, -0.05) is 45.9 Å². The van der Waals surface area contributed by atoms with Crippen molar-refractivity contribution in [2.24, 2.45) is 29.1 Å². The van der Waals surface area contributed by atoms with Gasteiger partial charge in [0.15, 0.2) is 23.1 Å². The summed E-state index contributed by atoms with van der Waals surface area (Å²) in [5.41, 5.74) is -2.43. The molecule has 0 aromatic heterocycles. The number of epoxide rings is 1. The molecule has 0 bridgehead atoms. The van der Waals surface area contributed by atoms with Crippen molar-refractivity contribution in [3.63, 3.8) is 0 Å². The number of rotatable bonds is 5. The first kappa shape index (κ1) is 30.9. The fraction of sp³-hybridized carbons (Fsp3) is 0.606. The zero-order valence-corrected chi connectivity index (χ0v) is 25.9. The lowest BCUT2D eigenvalue weighted by Crippen LogP contribution is -2.43. The van der Waals surface area contributed by atoms with Crippen LogP contribution in [-0.2, 0) is 42.9 Å². The second-order valence-corrected chi connectivity index (χ2v) is 13.2. The van der Waals surface area contributed by atoms with E-state index in [0.29, 0.717) is 11.1 Å². The average molecular weight is 597 g/mol. The fourth-order valence-electron chi connectivity index (χ4n) is 7.97. The van der Waals surface area contributed by atoms with E-state index in [-0.39, 0.29) is 18.1 Å². The Morgan fingerprint density at radius 3 is 2.00 bits per heavy atom. The molecule has 0 radical (unpaired) electrons. The van der Waals surface area contributed by atoms with Crippen LogP contribution in [0.1, 0.15) is 72.2 Å². The van der Waals surface area contributed by atoms with E-state index in [1.165, 1.54) is 20.8 Å². The predicted molar refractivity (Wildman–Crippen MR) is 151 cm³/mol. The highest BCUT2D eigenvalue weighted by molar-refractivity contribution is 5.96. The summed E-state index contributed by atoms with van der Waals surface area (Å²) < 4.78 is 30.1. The number of hydrogen-bond acceptors (Lipinski definition) is 10. The molecular formula is C33H40O10. The summed E-state index contributed by atoms with van der Waals surface area (Å²) in [6.45, 7) is 13.1. The first-order chi connectivity index (χ1) is 20.1. The molecular weight excluding hydrogens is 556 g/mol. The Balaban J connectivity index is 1.69. The van der Waals surface area contributed by atoms with Gasteiger partial charge in [0.2, 0.25) is 0 Å². The zero-order valence-electron chi connectivity index (χ0n) is 25.9. The lowest BCUT2D eigenvalue weighted by atomic mass is 9.80. The van der Waals surface area contributed by atoms with E-state index in [2.05, 4.69) is 0 Å². The second-order valence-electron chi connectivity index (χ2n) is 13.2. The Morgan fingerprint density at radius 2 is 1.42 bits per heavy atom. The molecule has 1 heterocycles. The van der Waals surface area contributed by atoms with Crippen molar-refractivity contribution >= 4 is 29.7 Å². The first-order valence-corrected chi connectivity index (χ1v) is 14.8. The maximum Gasteiger partial charge on any atom is 0.338 e. The number of hydrogen-bond donors (Lipinski definition) is 0. The summed E-state index contributed by atoms with van der Waals surface area (Å²) in [4.78, 5) is 65.0. The largest absolute Gasteiger partial charge is 0.461 e. The molecule has 0 N–H and O–H groups in total. The third kappa shape index (κ3) is 4.97. The highest BCUT2D eigenvalue weighted by Gasteiger charge is 2.84. The molecule has 2 saturated carbocycles. The van der Waals surface area contributed by atoms with Gasteiger partial charge < -0.3 is 23.7 Å². The fourth-order valence-corrected chi connectivity index (χ4v) is 7.97. The van der Waals surface area contributed by atoms with Gasteiger partial charge in [0.25, 0.3) is 0 Å². The summed E-state index contributed by atoms with van der Waals surface area (Å²) in [5.74, 6) is -4.43. The number of fused-ring (bicyclic) bond motifs is 1. The quantitative estimate of drug-likeness (QED) is 0.212. The molecule has 3 fully saturated rings. The van der Waals surface area contributed by atoms with Gasteiger partial charge in [0.1, 0.15) is 18.3 Å². The number of ether oxygens (including phenoxy) is 5. The lowest BCUT2D eigenvalue weighted by molar-refractivity contribution is -0.154. The van der Waals surface area contributed by atoms with Crippen molar-refractivity contribution < 1.29 is 47.7 Å². The van der Waals surface area contributed by atoms with Crippen molar-refractivity contribution in [1.82, 2.24) is 0 Å². The third-order valence-electron chi connectivity index (χ3n) is 9.82. The molecule has 5 rings (SSSR count). The molecule has 2 unspecified atom stereocenters. The smallest absolute Gasteiger partial charge is 0.338 e. The molecule has 10 nitrogen and oxygen atoms in total. The van der Waals surface area contributed by atoms with Gasteiger partial charge in [-0.25, -0.2) is 4.79 Å².